The lowest BCUT2D eigenvalue weighted by Gasteiger charge is -2.00. The van der Waals surface area contributed by atoms with Gasteiger partial charge in [0.05, 0.1) is 23.0 Å². The first kappa shape index (κ1) is 11.1. The van der Waals surface area contributed by atoms with Gasteiger partial charge in [0.25, 0.3) is 5.56 Å². The molecule has 0 bridgehead atoms. The van der Waals surface area contributed by atoms with E-state index in [2.05, 4.69) is 9.97 Å². The maximum atomic E-state index is 11.0. The van der Waals surface area contributed by atoms with E-state index < -0.39 is 9.05 Å². The number of H-pyrrole nitrogens is 1. The monoisotopic (exact) mass is 258 g/mol. The maximum Gasteiger partial charge on any atom is 0.266 e. The van der Waals surface area contributed by atoms with Gasteiger partial charge in [-0.1, -0.05) is 6.07 Å². The Labute approximate surface area is 95.5 Å². The van der Waals surface area contributed by atoms with Crippen LogP contribution in [0.25, 0.3) is 11.0 Å². The third-order valence-electron chi connectivity index (χ3n) is 1.98. The fourth-order valence-electron chi connectivity index (χ4n) is 1.37. The zero-order valence-electron chi connectivity index (χ0n) is 7.97. The molecule has 0 unspecified atom stereocenters. The first-order valence-corrected chi connectivity index (χ1v) is 6.82. The lowest BCUT2D eigenvalue weighted by molar-refractivity contribution is 0.609. The van der Waals surface area contributed by atoms with Crippen molar-refractivity contribution in [3.63, 3.8) is 0 Å². The third-order valence-corrected chi connectivity index (χ3v) is 2.99. The van der Waals surface area contributed by atoms with Crippen molar-refractivity contribution in [2.75, 3.05) is 0 Å². The molecule has 2 rings (SSSR count). The van der Waals surface area contributed by atoms with E-state index in [1.165, 1.54) is 0 Å². The van der Waals surface area contributed by atoms with E-state index >= 15 is 0 Å². The molecule has 2 aromatic rings. The molecule has 1 N–H and O–H groups in total. The summed E-state index contributed by atoms with van der Waals surface area (Å²) in [5.74, 6) is -0.259. The molecule has 0 saturated carbocycles. The SMILES string of the molecule is O=c1cnc2cc(CS(=O)(=O)Cl)ccc2[nH]1. The van der Waals surface area contributed by atoms with Crippen molar-refractivity contribution in [2.45, 2.75) is 5.75 Å². The highest BCUT2D eigenvalue weighted by Crippen LogP contribution is 2.14. The number of nitrogens with one attached hydrogen (secondary N) is 1. The standard InChI is InChI=1S/C9H7ClN2O3S/c10-16(14,15)5-6-1-2-7-8(3-6)11-4-9(13)12-7/h1-4H,5H2,(H,12,13). The highest BCUT2D eigenvalue weighted by molar-refractivity contribution is 8.13. The van der Waals surface area contributed by atoms with Crippen LogP contribution in [0.4, 0.5) is 0 Å². The minimum Gasteiger partial charge on any atom is -0.319 e. The minimum atomic E-state index is -3.58. The second-order valence-corrected chi connectivity index (χ2v) is 6.06. The van der Waals surface area contributed by atoms with Crippen LogP contribution in [-0.4, -0.2) is 18.4 Å². The third kappa shape index (κ3) is 2.59. The summed E-state index contributed by atoms with van der Waals surface area (Å²) in [6.45, 7) is 0. The Balaban J connectivity index is 2.53. The highest BCUT2D eigenvalue weighted by atomic mass is 35.7. The van der Waals surface area contributed by atoms with Crippen LogP contribution in [0, 0.1) is 0 Å². The fourth-order valence-corrected chi connectivity index (χ4v) is 2.33. The average molecular weight is 259 g/mol. The molecule has 1 aromatic heterocycles. The number of rotatable bonds is 2. The molecule has 1 heterocycles. The summed E-state index contributed by atoms with van der Waals surface area (Å²) < 4.78 is 21.8. The Morgan fingerprint density at radius 1 is 1.38 bits per heavy atom. The van der Waals surface area contributed by atoms with Gasteiger partial charge in [-0.05, 0) is 17.7 Å². The van der Waals surface area contributed by atoms with E-state index in [0.717, 1.165) is 6.20 Å². The average Bonchev–Trinajstić information content (AvgIpc) is 2.16. The number of aromatic amines is 1. The molecule has 0 amide bonds. The van der Waals surface area contributed by atoms with E-state index in [9.17, 15) is 13.2 Å². The summed E-state index contributed by atoms with van der Waals surface area (Å²) in [6, 6.07) is 4.76. The number of hydrogen-bond donors (Lipinski definition) is 1. The smallest absolute Gasteiger partial charge is 0.266 e. The normalized spacial score (nSPS) is 11.8. The van der Waals surface area contributed by atoms with E-state index in [1.807, 2.05) is 0 Å². The summed E-state index contributed by atoms with van der Waals surface area (Å²) in [7, 11) is 1.56. The molecule has 0 aliphatic rings. The molecular formula is C9H7ClN2O3S. The molecule has 0 aliphatic heterocycles. The highest BCUT2D eigenvalue weighted by Gasteiger charge is 2.07. The Bertz CT molecular complexity index is 693. The molecule has 16 heavy (non-hydrogen) atoms. The lowest BCUT2D eigenvalue weighted by Crippen LogP contribution is -2.05. The van der Waals surface area contributed by atoms with Crippen LogP contribution in [0.2, 0.25) is 0 Å². The first-order chi connectivity index (χ1) is 7.44. The van der Waals surface area contributed by atoms with Crippen LogP contribution in [0.15, 0.2) is 29.2 Å². The summed E-state index contributed by atoms with van der Waals surface area (Å²) in [6.07, 6.45) is 1.14. The molecule has 84 valence electrons. The van der Waals surface area contributed by atoms with Gasteiger partial charge in [-0.3, -0.25) is 4.79 Å². The van der Waals surface area contributed by atoms with Crippen LogP contribution in [0.3, 0.4) is 0 Å². The van der Waals surface area contributed by atoms with Gasteiger partial charge in [-0.15, -0.1) is 0 Å². The van der Waals surface area contributed by atoms with Crippen molar-refractivity contribution in [1.82, 2.24) is 9.97 Å². The van der Waals surface area contributed by atoms with E-state index in [0.29, 0.717) is 16.6 Å². The molecule has 0 aliphatic carbocycles. The Kier molecular flexibility index (Phi) is 2.69. The van der Waals surface area contributed by atoms with Crippen molar-refractivity contribution in [3.05, 3.63) is 40.3 Å². The first-order valence-electron chi connectivity index (χ1n) is 4.34. The predicted molar refractivity (Wildman–Crippen MR) is 60.8 cm³/mol. The molecule has 0 radical (unpaired) electrons. The van der Waals surface area contributed by atoms with E-state index in [-0.39, 0.29) is 11.3 Å². The van der Waals surface area contributed by atoms with Crippen molar-refractivity contribution in [3.8, 4) is 0 Å². The summed E-state index contributed by atoms with van der Waals surface area (Å²) in [5, 5.41) is 0. The zero-order chi connectivity index (χ0) is 11.8. The summed E-state index contributed by atoms with van der Waals surface area (Å²) in [4.78, 5) is 17.4. The van der Waals surface area contributed by atoms with Crippen LogP contribution in [0.5, 0.6) is 0 Å². The van der Waals surface area contributed by atoms with Crippen LogP contribution in [-0.2, 0) is 14.8 Å². The molecular weight excluding hydrogens is 252 g/mol. The largest absolute Gasteiger partial charge is 0.319 e. The van der Waals surface area contributed by atoms with Gasteiger partial charge in [0, 0.05) is 10.7 Å². The molecule has 0 fully saturated rings. The number of fused-ring (bicyclic) bond motifs is 1. The second kappa shape index (κ2) is 3.88. The van der Waals surface area contributed by atoms with Gasteiger partial charge in [0.15, 0.2) is 0 Å². The molecule has 1 aromatic carbocycles. The molecule has 0 saturated heterocycles. The van der Waals surface area contributed by atoms with Crippen molar-refractivity contribution in [2.24, 2.45) is 0 Å². The van der Waals surface area contributed by atoms with Gasteiger partial charge in [-0.25, -0.2) is 13.4 Å². The fraction of sp³-hybridized carbons (Fsp3) is 0.111. The summed E-state index contributed by atoms with van der Waals surface area (Å²) in [5.41, 5.74) is 1.31. The Hall–Kier alpha value is -1.40. The van der Waals surface area contributed by atoms with Gasteiger partial charge >= 0.3 is 0 Å². The maximum absolute atomic E-state index is 11.0. The number of hydrogen-bond acceptors (Lipinski definition) is 4. The Morgan fingerprint density at radius 3 is 2.81 bits per heavy atom. The number of aromatic nitrogens is 2. The van der Waals surface area contributed by atoms with Crippen molar-refractivity contribution in [1.29, 1.82) is 0 Å². The topological polar surface area (TPSA) is 79.9 Å². The predicted octanol–water partition coefficient (Wildman–Crippen LogP) is 0.992. The van der Waals surface area contributed by atoms with Crippen LogP contribution in [0.1, 0.15) is 5.56 Å². The molecule has 5 nitrogen and oxygen atoms in total. The van der Waals surface area contributed by atoms with Crippen molar-refractivity contribution >= 4 is 30.8 Å². The number of benzene rings is 1. The van der Waals surface area contributed by atoms with Gasteiger partial charge in [0.2, 0.25) is 9.05 Å². The number of halogens is 1. The van der Waals surface area contributed by atoms with Crippen LogP contribution >= 0.6 is 10.7 Å². The quantitative estimate of drug-likeness (QED) is 0.815. The van der Waals surface area contributed by atoms with Crippen LogP contribution < -0.4 is 5.56 Å². The van der Waals surface area contributed by atoms with Crippen molar-refractivity contribution < 1.29 is 8.42 Å². The Morgan fingerprint density at radius 2 is 2.12 bits per heavy atom. The number of nitrogens with zero attached hydrogens (tertiary/aromatic N) is 1. The van der Waals surface area contributed by atoms with Gasteiger partial charge < -0.3 is 4.98 Å². The van der Waals surface area contributed by atoms with E-state index in [4.69, 9.17) is 10.7 Å². The molecule has 0 atom stereocenters. The van der Waals surface area contributed by atoms with E-state index in [1.54, 1.807) is 18.2 Å². The molecule has 0 spiro atoms. The zero-order valence-corrected chi connectivity index (χ0v) is 9.55. The van der Waals surface area contributed by atoms with Gasteiger partial charge in [-0.2, -0.15) is 0 Å². The minimum absolute atomic E-state index is 0.259. The van der Waals surface area contributed by atoms with Gasteiger partial charge in [0.1, 0.15) is 0 Å². The summed E-state index contributed by atoms with van der Waals surface area (Å²) >= 11 is 0. The lowest BCUT2D eigenvalue weighted by atomic mass is 10.2. The molecule has 7 heteroatoms. The second-order valence-electron chi connectivity index (χ2n) is 3.28.